The topological polar surface area (TPSA) is 44.3 Å². The van der Waals surface area contributed by atoms with Crippen LogP contribution in [0.15, 0.2) is 36.7 Å². The van der Waals surface area contributed by atoms with Crippen molar-refractivity contribution in [3.05, 3.63) is 42.2 Å². The van der Waals surface area contributed by atoms with Crippen LogP contribution in [0.25, 0.3) is 0 Å². The second-order valence-electron chi connectivity index (χ2n) is 5.87. The molecule has 2 heterocycles. The van der Waals surface area contributed by atoms with Crippen LogP contribution < -0.4 is 15.1 Å². The van der Waals surface area contributed by atoms with Crippen LogP contribution >= 0.6 is 0 Å². The van der Waals surface area contributed by atoms with Crippen LogP contribution in [0, 0.1) is 0 Å². The van der Waals surface area contributed by atoms with Gasteiger partial charge in [0.05, 0.1) is 0 Å². The van der Waals surface area contributed by atoms with Gasteiger partial charge in [-0.05, 0) is 30.5 Å². The van der Waals surface area contributed by atoms with Gasteiger partial charge < -0.3 is 15.1 Å². The molecule has 1 aliphatic rings. The Morgan fingerprint density at radius 3 is 2.50 bits per heavy atom. The van der Waals surface area contributed by atoms with Gasteiger partial charge in [0.2, 0.25) is 0 Å². The zero-order valence-corrected chi connectivity index (χ0v) is 13.3. The zero-order valence-electron chi connectivity index (χ0n) is 13.3. The second kappa shape index (κ2) is 6.64. The Kier molecular flexibility index (Phi) is 4.42. The highest BCUT2D eigenvalue weighted by Gasteiger charge is 2.13. The van der Waals surface area contributed by atoms with Crippen molar-refractivity contribution in [1.82, 2.24) is 9.97 Å². The van der Waals surface area contributed by atoms with E-state index in [1.807, 2.05) is 20.2 Å². The Hall–Kier alpha value is -2.30. The van der Waals surface area contributed by atoms with E-state index in [0.29, 0.717) is 0 Å². The van der Waals surface area contributed by atoms with Crippen molar-refractivity contribution in [2.75, 3.05) is 42.3 Å². The number of nitrogens with one attached hydrogen (secondary N) is 1. The van der Waals surface area contributed by atoms with Crippen LogP contribution in [0.5, 0.6) is 0 Å². The number of anilines is 3. The monoisotopic (exact) mass is 297 g/mol. The van der Waals surface area contributed by atoms with Crippen molar-refractivity contribution in [2.24, 2.45) is 0 Å². The van der Waals surface area contributed by atoms with Crippen molar-refractivity contribution < 1.29 is 0 Å². The van der Waals surface area contributed by atoms with Crippen LogP contribution in [0.4, 0.5) is 17.3 Å². The maximum absolute atomic E-state index is 4.38. The van der Waals surface area contributed by atoms with Gasteiger partial charge in [0, 0.05) is 45.5 Å². The van der Waals surface area contributed by atoms with E-state index in [-0.39, 0.29) is 0 Å². The molecule has 116 valence electrons. The number of hydrogen-bond acceptors (Lipinski definition) is 5. The Morgan fingerprint density at radius 1 is 1.09 bits per heavy atom. The van der Waals surface area contributed by atoms with Crippen molar-refractivity contribution in [2.45, 2.75) is 19.4 Å². The first kappa shape index (κ1) is 14.6. The van der Waals surface area contributed by atoms with Crippen LogP contribution in [-0.2, 0) is 6.54 Å². The third kappa shape index (κ3) is 3.47. The fourth-order valence-corrected chi connectivity index (χ4v) is 2.67. The minimum Gasteiger partial charge on any atom is -0.378 e. The van der Waals surface area contributed by atoms with E-state index < -0.39 is 0 Å². The zero-order chi connectivity index (χ0) is 15.4. The van der Waals surface area contributed by atoms with Crippen LogP contribution in [0.1, 0.15) is 18.4 Å². The third-order valence-corrected chi connectivity index (χ3v) is 4.01. The van der Waals surface area contributed by atoms with Gasteiger partial charge >= 0.3 is 0 Å². The molecule has 5 heteroatoms. The average molecular weight is 297 g/mol. The molecule has 1 fully saturated rings. The average Bonchev–Trinajstić information content (AvgIpc) is 3.08. The highest BCUT2D eigenvalue weighted by Crippen LogP contribution is 2.20. The first-order valence-corrected chi connectivity index (χ1v) is 7.79. The van der Waals surface area contributed by atoms with Gasteiger partial charge in [-0.2, -0.15) is 0 Å². The van der Waals surface area contributed by atoms with E-state index >= 15 is 0 Å². The molecule has 0 saturated carbocycles. The summed E-state index contributed by atoms with van der Waals surface area (Å²) >= 11 is 0. The summed E-state index contributed by atoms with van der Waals surface area (Å²) in [7, 11) is 4.10. The molecule has 1 N–H and O–H groups in total. The van der Waals surface area contributed by atoms with Crippen molar-refractivity contribution in [3.8, 4) is 0 Å². The molecule has 2 aromatic rings. The van der Waals surface area contributed by atoms with E-state index in [2.05, 4.69) is 49.4 Å². The first-order valence-electron chi connectivity index (χ1n) is 7.79. The lowest BCUT2D eigenvalue weighted by Crippen LogP contribution is -2.19. The minimum atomic E-state index is 0.768. The highest BCUT2D eigenvalue weighted by atomic mass is 15.2. The summed E-state index contributed by atoms with van der Waals surface area (Å²) in [6, 6.07) is 10.6. The number of aromatic nitrogens is 2. The SMILES string of the molecule is CN(C)c1ccc(CNc2cc(N3CCCC3)ncn2)cc1. The predicted molar refractivity (Wildman–Crippen MR) is 91.6 cm³/mol. The lowest BCUT2D eigenvalue weighted by molar-refractivity contribution is 0.925. The molecule has 0 bridgehead atoms. The summed E-state index contributed by atoms with van der Waals surface area (Å²) in [4.78, 5) is 13.1. The normalized spacial score (nSPS) is 14.2. The Bertz CT molecular complexity index is 603. The fourth-order valence-electron chi connectivity index (χ4n) is 2.67. The van der Waals surface area contributed by atoms with Gasteiger partial charge in [0.1, 0.15) is 18.0 Å². The first-order chi connectivity index (χ1) is 10.7. The Balaban J connectivity index is 1.62. The molecule has 3 rings (SSSR count). The quantitative estimate of drug-likeness (QED) is 0.919. The summed E-state index contributed by atoms with van der Waals surface area (Å²) < 4.78 is 0. The fraction of sp³-hybridized carbons (Fsp3) is 0.412. The largest absolute Gasteiger partial charge is 0.378 e. The van der Waals surface area contributed by atoms with E-state index in [0.717, 1.165) is 31.3 Å². The highest BCUT2D eigenvalue weighted by molar-refractivity contribution is 5.50. The molecule has 1 aliphatic heterocycles. The maximum atomic E-state index is 4.38. The lowest BCUT2D eigenvalue weighted by atomic mass is 10.2. The van der Waals surface area contributed by atoms with Gasteiger partial charge in [0.25, 0.3) is 0 Å². The molecule has 0 atom stereocenters. The van der Waals surface area contributed by atoms with Gasteiger partial charge in [-0.1, -0.05) is 12.1 Å². The maximum Gasteiger partial charge on any atom is 0.134 e. The minimum absolute atomic E-state index is 0.768. The molecule has 0 amide bonds. The van der Waals surface area contributed by atoms with Gasteiger partial charge in [-0.3, -0.25) is 0 Å². The summed E-state index contributed by atoms with van der Waals surface area (Å²) in [5, 5.41) is 3.38. The number of nitrogens with zero attached hydrogens (tertiary/aromatic N) is 4. The molecule has 1 saturated heterocycles. The van der Waals surface area contributed by atoms with E-state index in [1.165, 1.54) is 24.1 Å². The molecule has 1 aromatic carbocycles. The van der Waals surface area contributed by atoms with Gasteiger partial charge in [-0.15, -0.1) is 0 Å². The summed E-state index contributed by atoms with van der Waals surface area (Å²) in [5.74, 6) is 1.91. The smallest absolute Gasteiger partial charge is 0.134 e. The molecular weight excluding hydrogens is 274 g/mol. The standard InChI is InChI=1S/C17H23N5/c1-21(2)15-7-5-14(6-8-15)12-18-16-11-17(20-13-19-16)22-9-3-4-10-22/h5-8,11,13H,3-4,9-10,12H2,1-2H3,(H,18,19,20). The second-order valence-corrected chi connectivity index (χ2v) is 5.87. The molecule has 1 aromatic heterocycles. The third-order valence-electron chi connectivity index (χ3n) is 4.01. The van der Waals surface area contributed by atoms with Crippen LogP contribution in [0.2, 0.25) is 0 Å². The summed E-state index contributed by atoms with van der Waals surface area (Å²) in [5.41, 5.74) is 2.45. The van der Waals surface area contributed by atoms with Gasteiger partial charge in [-0.25, -0.2) is 9.97 Å². The number of rotatable bonds is 5. The molecular formula is C17H23N5. The molecule has 0 radical (unpaired) electrons. The molecule has 0 unspecified atom stereocenters. The Morgan fingerprint density at radius 2 is 1.82 bits per heavy atom. The van der Waals surface area contributed by atoms with Crippen LogP contribution in [-0.4, -0.2) is 37.2 Å². The number of hydrogen-bond donors (Lipinski definition) is 1. The van der Waals surface area contributed by atoms with E-state index in [4.69, 9.17) is 0 Å². The summed E-state index contributed by atoms with van der Waals surface area (Å²) in [6.07, 6.45) is 4.15. The van der Waals surface area contributed by atoms with Gasteiger partial charge in [0.15, 0.2) is 0 Å². The lowest BCUT2D eigenvalue weighted by Gasteiger charge is -2.17. The number of benzene rings is 1. The van der Waals surface area contributed by atoms with Crippen molar-refractivity contribution in [3.63, 3.8) is 0 Å². The van der Waals surface area contributed by atoms with Crippen molar-refractivity contribution in [1.29, 1.82) is 0 Å². The van der Waals surface area contributed by atoms with Crippen molar-refractivity contribution >= 4 is 17.3 Å². The molecule has 22 heavy (non-hydrogen) atoms. The molecule has 5 nitrogen and oxygen atoms in total. The van der Waals surface area contributed by atoms with Crippen LogP contribution in [0.3, 0.4) is 0 Å². The van der Waals surface area contributed by atoms with E-state index in [9.17, 15) is 0 Å². The van der Waals surface area contributed by atoms with E-state index in [1.54, 1.807) is 6.33 Å². The molecule has 0 spiro atoms. The molecule has 0 aliphatic carbocycles. The summed E-state index contributed by atoms with van der Waals surface area (Å²) in [6.45, 7) is 2.97. The Labute approximate surface area is 132 Å². The predicted octanol–water partition coefficient (Wildman–Crippen LogP) is 2.75.